The van der Waals surface area contributed by atoms with Crippen molar-refractivity contribution in [2.24, 2.45) is 28.4 Å². The SMILES string of the molecule is C[C@]12C=CC(=O)C=C1[C@@H](F)C[C@H]1[C@@H]3C[C@H]4O[C@@H](c5ccc(Cc6ccc(CO)cc6)cc5)O[C@@]4(C(=O)COC(=O)[C@@H](N)CC(=O)O)[C@@]3(C)C[C@H](O)[C@@]12F. The fourth-order valence-corrected chi connectivity index (χ4v) is 10.0. The van der Waals surface area contributed by atoms with Gasteiger partial charge < -0.3 is 35.3 Å². The highest BCUT2D eigenvalue weighted by atomic mass is 19.1. The van der Waals surface area contributed by atoms with E-state index in [0.717, 1.165) is 22.8 Å². The van der Waals surface area contributed by atoms with E-state index in [9.17, 15) is 29.4 Å². The molecule has 4 aliphatic carbocycles. The molecule has 1 heterocycles. The lowest BCUT2D eigenvalue weighted by Gasteiger charge is -2.63. The molecule has 1 saturated heterocycles. The van der Waals surface area contributed by atoms with E-state index < -0.39 is 101 Å². The quantitative estimate of drug-likeness (QED) is 0.261. The minimum atomic E-state index is -2.41. The van der Waals surface area contributed by atoms with Gasteiger partial charge in [-0.3, -0.25) is 19.2 Å². The maximum atomic E-state index is 17.8. The van der Waals surface area contributed by atoms with Gasteiger partial charge in [0.15, 0.2) is 29.9 Å². The van der Waals surface area contributed by atoms with E-state index in [-0.39, 0.29) is 31.4 Å². The highest BCUT2D eigenvalue weighted by Crippen LogP contribution is 2.72. The van der Waals surface area contributed by atoms with Crippen LogP contribution in [0.5, 0.6) is 0 Å². The average Bonchev–Trinajstić information content (AvgIpc) is 3.62. The minimum absolute atomic E-state index is 0.0295. The van der Waals surface area contributed by atoms with Gasteiger partial charge in [-0.1, -0.05) is 61.5 Å². The second-order valence-corrected chi connectivity index (χ2v) is 15.5. The molecule has 5 aliphatic rings. The van der Waals surface area contributed by atoms with Crippen LogP contribution in [0.3, 0.4) is 0 Å². The van der Waals surface area contributed by atoms with Crippen molar-refractivity contribution >= 4 is 23.5 Å². The number of alkyl halides is 2. The van der Waals surface area contributed by atoms with E-state index in [1.807, 2.05) is 36.4 Å². The Morgan fingerprint density at radius 2 is 1.66 bits per heavy atom. The number of halogens is 2. The molecule has 0 spiro atoms. The third-order valence-corrected chi connectivity index (χ3v) is 12.7. The zero-order valence-electron chi connectivity index (χ0n) is 29.4. The number of carboxylic acids is 1. The number of allylic oxidation sites excluding steroid dienone is 4. The molecular formula is C40H43F2NO10. The Morgan fingerprint density at radius 1 is 1.02 bits per heavy atom. The molecule has 0 radical (unpaired) electrons. The van der Waals surface area contributed by atoms with E-state index in [0.29, 0.717) is 12.0 Å². The van der Waals surface area contributed by atoms with Crippen LogP contribution in [0.1, 0.15) is 68.1 Å². The van der Waals surface area contributed by atoms with Crippen LogP contribution in [0.4, 0.5) is 8.78 Å². The van der Waals surface area contributed by atoms with Gasteiger partial charge in [-0.15, -0.1) is 0 Å². The smallest absolute Gasteiger partial charge is 0.323 e. The summed E-state index contributed by atoms with van der Waals surface area (Å²) in [5.41, 5.74) is 1.74. The lowest BCUT2D eigenvalue weighted by molar-refractivity contribution is -0.235. The first-order chi connectivity index (χ1) is 25.1. The monoisotopic (exact) mass is 735 g/mol. The van der Waals surface area contributed by atoms with E-state index in [1.165, 1.54) is 19.1 Å². The molecular weight excluding hydrogens is 692 g/mol. The van der Waals surface area contributed by atoms with Crippen molar-refractivity contribution in [2.75, 3.05) is 6.61 Å². The number of fused-ring (bicyclic) bond motifs is 7. The minimum Gasteiger partial charge on any atom is -0.481 e. The number of carbonyl (C=O) groups excluding carboxylic acids is 3. The first kappa shape index (κ1) is 37.2. The molecule has 0 unspecified atom stereocenters. The maximum absolute atomic E-state index is 17.8. The van der Waals surface area contributed by atoms with Gasteiger partial charge >= 0.3 is 11.9 Å². The molecule has 53 heavy (non-hydrogen) atoms. The fraction of sp³-hybridized carbons (Fsp3) is 0.500. The zero-order chi connectivity index (χ0) is 38.1. The van der Waals surface area contributed by atoms with E-state index in [1.54, 1.807) is 19.1 Å². The fourth-order valence-electron chi connectivity index (χ4n) is 10.0. The summed E-state index contributed by atoms with van der Waals surface area (Å²) < 4.78 is 52.3. The van der Waals surface area contributed by atoms with Gasteiger partial charge in [-0.05, 0) is 72.9 Å². The number of ketones is 2. The number of aliphatic hydroxyl groups is 2. The molecule has 282 valence electrons. The molecule has 4 fully saturated rings. The van der Waals surface area contributed by atoms with Crippen molar-refractivity contribution in [3.63, 3.8) is 0 Å². The second-order valence-electron chi connectivity index (χ2n) is 15.5. The van der Waals surface area contributed by atoms with E-state index in [4.69, 9.17) is 25.1 Å². The Labute approximate surface area is 304 Å². The predicted octanol–water partition coefficient (Wildman–Crippen LogP) is 3.77. The molecule has 13 heteroatoms. The number of rotatable bonds is 10. The largest absolute Gasteiger partial charge is 0.481 e. The molecule has 11 atom stereocenters. The number of hydrogen-bond donors (Lipinski definition) is 4. The van der Waals surface area contributed by atoms with Gasteiger partial charge in [0.1, 0.15) is 12.2 Å². The summed E-state index contributed by atoms with van der Waals surface area (Å²) in [7, 11) is 0. The molecule has 1 aliphatic heterocycles. The van der Waals surface area contributed by atoms with Crippen molar-refractivity contribution in [1.82, 2.24) is 0 Å². The van der Waals surface area contributed by atoms with Crippen LogP contribution >= 0.6 is 0 Å². The maximum Gasteiger partial charge on any atom is 0.323 e. The topological polar surface area (TPSA) is 183 Å². The Kier molecular flexibility index (Phi) is 9.34. The summed E-state index contributed by atoms with van der Waals surface area (Å²) in [6, 6.07) is 13.4. The Bertz CT molecular complexity index is 1880. The van der Waals surface area contributed by atoms with Crippen LogP contribution in [0, 0.1) is 22.7 Å². The molecule has 5 N–H and O–H groups in total. The summed E-state index contributed by atoms with van der Waals surface area (Å²) >= 11 is 0. The summed E-state index contributed by atoms with van der Waals surface area (Å²) in [6.07, 6.45) is -2.60. The van der Waals surface area contributed by atoms with Gasteiger partial charge in [-0.2, -0.15) is 0 Å². The lowest BCUT2D eigenvalue weighted by atomic mass is 9.44. The Morgan fingerprint density at radius 3 is 2.30 bits per heavy atom. The third-order valence-electron chi connectivity index (χ3n) is 12.7. The number of ether oxygens (including phenoxy) is 3. The number of nitrogens with two attached hydrogens (primary N) is 1. The molecule has 7 rings (SSSR count). The number of esters is 1. The zero-order valence-corrected chi connectivity index (χ0v) is 29.4. The average molecular weight is 736 g/mol. The van der Waals surface area contributed by atoms with Crippen LogP contribution in [0.15, 0.2) is 72.3 Å². The van der Waals surface area contributed by atoms with Crippen LogP contribution in [0.25, 0.3) is 0 Å². The lowest BCUT2D eigenvalue weighted by Crippen LogP contribution is -2.70. The van der Waals surface area contributed by atoms with Crippen molar-refractivity contribution in [2.45, 2.75) is 94.5 Å². The van der Waals surface area contributed by atoms with Gasteiger partial charge in [-0.25, -0.2) is 8.78 Å². The molecule has 0 amide bonds. The predicted molar refractivity (Wildman–Crippen MR) is 183 cm³/mol. The highest BCUT2D eigenvalue weighted by Gasteiger charge is 2.80. The summed E-state index contributed by atoms with van der Waals surface area (Å²) in [5.74, 6) is -5.53. The van der Waals surface area contributed by atoms with Crippen LogP contribution in [0.2, 0.25) is 0 Å². The summed E-state index contributed by atoms with van der Waals surface area (Å²) in [6.45, 7) is 2.26. The van der Waals surface area contributed by atoms with Crippen molar-refractivity contribution < 1.29 is 57.5 Å². The van der Waals surface area contributed by atoms with Crippen molar-refractivity contribution in [3.8, 4) is 0 Å². The number of Topliss-reactive ketones (excluding diaryl/α,β-unsaturated/α-hetero) is 1. The third kappa shape index (κ3) is 5.70. The van der Waals surface area contributed by atoms with Gasteiger partial charge in [0.25, 0.3) is 0 Å². The first-order valence-corrected chi connectivity index (χ1v) is 17.8. The summed E-state index contributed by atoms with van der Waals surface area (Å²) in [4.78, 5) is 50.5. The molecule has 2 aromatic rings. The number of hydrogen-bond acceptors (Lipinski definition) is 10. The van der Waals surface area contributed by atoms with Gasteiger partial charge in [0.05, 0.1) is 25.2 Å². The van der Waals surface area contributed by atoms with E-state index >= 15 is 8.78 Å². The molecule has 0 aromatic heterocycles. The number of carboxylic acid groups (broad SMARTS) is 1. The Balaban J connectivity index is 1.21. The number of aliphatic hydroxyl groups excluding tert-OH is 2. The first-order valence-electron chi connectivity index (χ1n) is 17.8. The van der Waals surface area contributed by atoms with Gasteiger partial charge in [0, 0.05) is 22.3 Å². The van der Waals surface area contributed by atoms with Crippen molar-refractivity contribution in [3.05, 3.63) is 94.6 Å². The standard InChI is InChI=1S/C40H43F2NO10/c1-37-12-11-25(45)14-28(37)29(41)15-27-26-16-33-40(38(26,2)18-31(46)39(27,37)42,32(47)20-51-35(50)30(43)17-34(48)49)53-36(52-33)24-9-7-22(8-10-24)13-21-3-5-23(19-44)6-4-21/h3-12,14,26-27,29-31,33,36,44,46H,13,15-20,43H2,1-2H3,(H,48,49)/t26-,27-,29-,30-,31-,33+,36+,37-,38-,39-,40+/m0/s1. The normalized spacial score (nSPS) is 37.5. The molecule has 2 aromatic carbocycles. The van der Waals surface area contributed by atoms with Gasteiger partial charge in [0.2, 0.25) is 5.78 Å². The summed E-state index contributed by atoms with van der Waals surface area (Å²) in [5, 5.41) is 30.3. The number of carbonyl (C=O) groups is 4. The number of aliphatic carboxylic acids is 1. The molecule has 0 bridgehead atoms. The van der Waals surface area contributed by atoms with Crippen LogP contribution < -0.4 is 5.73 Å². The van der Waals surface area contributed by atoms with Crippen LogP contribution in [-0.4, -0.2) is 81.1 Å². The molecule has 11 nitrogen and oxygen atoms in total. The Hall–Kier alpha value is -4.14. The second kappa shape index (κ2) is 13.3. The van der Waals surface area contributed by atoms with Crippen LogP contribution in [-0.2, 0) is 46.4 Å². The highest BCUT2D eigenvalue weighted by molar-refractivity contribution is 6.01. The van der Waals surface area contributed by atoms with Crippen molar-refractivity contribution in [1.29, 1.82) is 0 Å². The number of benzene rings is 2. The molecule has 3 saturated carbocycles. The van der Waals surface area contributed by atoms with E-state index in [2.05, 4.69) is 0 Å².